The van der Waals surface area contributed by atoms with Crippen LogP contribution in [0.4, 0.5) is 0 Å². The van der Waals surface area contributed by atoms with Crippen LogP contribution in [0, 0.1) is 0 Å². The molecule has 5 heteroatoms. The average molecular weight is 251 g/mol. The minimum absolute atomic E-state index is 0.104. The van der Waals surface area contributed by atoms with E-state index in [4.69, 9.17) is 9.52 Å². The van der Waals surface area contributed by atoms with E-state index in [2.05, 4.69) is 4.90 Å². The molecule has 0 aromatic carbocycles. The largest absolute Gasteiger partial charge is 0.475 e. The molecule has 98 valence electrons. The molecule has 2 unspecified atom stereocenters. The van der Waals surface area contributed by atoms with Gasteiger partial charge < -0.3 is 19.5 Å². The van der Waals surface area contributed by atoms with Crippen LogP contribution >= 0.6 is 0 Å². The number of furan rings is 1. The summed E-state index contributed by atoms with van der Waals surface area (Å²) in [6.07, 6.45) is 3.53. The van der Waals surface area contributed by atoms with Crippen LogP contribution in [0.2, 0.25) is 0 Å². The van der Waals surface area contributed by atoms with E-state index in [9.17, 15) is 9.90 Å². The summed E-state index contributed by atoms with van der Waals surface area (Å²) in [6, 6.07) is 3.41. The summed E-state index contributed by atoms with van der Waals surface area (Å²) >= 11 is 0. The summed E-state index contributed by atoms with van der Waals surface area (Å²) in [7, 11) is 0. The van der Waals surface area contributed by atoms with Gasteiger partial charge in [0.1, 0.15) is 11.4 Å². The van der Waals surface area contributed by atoms with Crippen LogP contribution in [0.3, 0.4) is 0 Å². The first-order valence-electron chi connectivity index (χ1n) is 6.38. The summed E-state index contributed by atoms with van der Waals surface area (Å²) in [5.41, 5.74) is -1.00. The van der Waals surface area contributed by atoms with E-state index >= 15 is 0 Å². The summed E-state index contributed by atoms with van der Waals surface area (Å²) in [6.45, 7) is 1.96. The third kappa shape index (κ3) is 1.83. The molecule has 0 saturated carbocycles. The number of hydrogen-bond acceptors (Lipinski definition) is 4. The molecule has 0 spiro atoms. The third-order valence-electron chi connectivity index (χ3n) is 4.16. The molecule has 2 saturated heterocycles. The van der Waals surface area contributed by atoms with Crippen molar-refractivity contribution in [2.45, 2.75) is 37.3 Å². The summed E-state index contributed by atoms with van der Waals surface area (Å²) in [4.78, 5) is 13.2. The molecule has 5 nitrogen and oxygen atoms in total. The predicted molar refractivity (Wildman–Crippen MR) is 63.4 cm³/mol. The van der Waals surface area contributed by atoms with Gasteiger partial charge in [-0.25, -0.2) is 4.79 Å². The predicted octanol–water partition coefficient (Wildman–Crippen LogP) is 1.42. The Morgan fingerprint density at radius 2 is 2.28 bits per heavy atom. The number of rotatable bonds is 2. The van der Waals surface area contributed by atoms with Crippen molar-refractivity contribution in [3.8, 4) is 0 Å². The second kappa shape index (κ2) is 4.10. The zero-order chi connectivity index (χ0) is 12.8. The van der Waals surface area contributed by atoms with Gasteiger partial charge in [0, 0.05) is 12.6 Å². The lowest BCUT2D eigenvalue weighted by Gasteiger charge is -2.39. The van der Waals surface area contributed by atoms with E-state index in [1.165, 1.54) is 12.5 Å². The molecule has 1 aromatic heterocycles. The molecule has 0 radical (unpaired) electrons. The minimum Gasteiger partial charge on any atom is -0.475 e. The molecular formula is C13H17NO4. The zero-order valence-corrected chi connectivity index (χ0v) is 10.1. The second-order valence-corrected chi connectivity index (χ2v) is 5.29. The van der Waals surface area contributed by atoms with Gasteiger partial charge in [0.05, 0.1) is 0 Å². The highest BCUT2D eigenvalue weighted by atomic mass is 16.4. The van der Waals surface area contributed by atoms with E-state index < -0.39 is 11.6 Å². The number of carboxylic acids is 1. The molecule has 0 aliphatic carbocycles. The van der Waals surface area contributed by atoms with E-state index in [1.807, 2.05) is 0 Å². The molecule has 2 aliphatic heterocycles. The lowest BCUT2D eigenvalue weighted by molar-refractivity contribution is -0.0563. The fourth-order valence-corrected chi connectivity index (χ4v) is 3.17. The van der Waals surface area contributed by atoms with Crippen LogP contribution in [-0.2, 0) is 5.60 Å². The summed E-state index contributed by atoms with van der Waals surface area (Å²) in [5, 5.41) is 19.5. The van der Waals surface area contributed by atoms with Crippen LogP contribution < -0.4 is 0 Å². The van der Waals surface area contributed by atoms with Gasteiger partial charge in [-0.05, 0) is 44.4 Å². The van der Waals surface area contributed by atoms with Crippen LogP contribution in [0.5, 0.6) is 0 Å². The maximum atomic E-state index is 10.8. The number of piperidine rings is 1. The number of aliphatic hydroxyl groups is 1. The van der Waals surface area contributed by atoms with Gasteiger partial charge in [0.15, 0.2) is 0 Å². The van der Waals surface area contributed by atoms with Crippen LogP contribution in [0.15, 0.2) is 16.5 Å². The maximum Gasteiger partial charge on any atom is 0.371 e. The lowest BCUT2D eigenvalue weighted by Crippen LogP contribution is -2.45. The Kier molecular flexibility index (Phi) is 2.68. The Hall–Kier alpha value is -1.33. The fraction of sp³-hybridized carbons (Fsp3) is 0.615. The maximum absolute atomic E-state index is 10.8. The highest BCUT2D eigenvalue weighted by Crippen LogP contribution is 2.40. The molecule has 0 bridgehead atoms. The Morgan fingerprint density at radius 3 is 3.00 bits per heavy atom. The Balaban J connectivity index is 1.83. The van der Waals surface area contributed by atoms with Crippen molar-refractivity contribution in [3.63, 3.8) is 0 Å². The normalized spacial score (nSPS) is 32.4. The Labute approximate surface area is 105 Å². The molecule has 2 atom stereocenters. The quantitative estimate of drug-likeness (QED) is 0.831. The van der Waals surface area contributed by atoms with Gasteiger partial charge in [0.25, 0.3) is 0 Å². The molecule has 2 aliphatic rings. The standard InChI is InChI=1S/C13H17NO4/c15-12(16)10-3-4-11(18-10)13(17)5-7-14-6-1-2-9(14)8-13/h3-4,9,17H,1-2,5-8H2,(H,15,16). The van der Waals surface area contributed by atoms with E-state index in [0.717, 1.165) is 19.5 Å². The smallest absolute Gasteiger partial charge is 0.371 e. The first-order valence-corrected chi connectivity index (χ1v) is 6.38. The van der Waals surface area contributed by atoms with Crippen LogP contribution in [0.1, 0.15) is 42.0 Å². The van der Waals surface area contributed by atoms with Gasteiger partial charge >= 0.3 is 5.97 Å². The summed E-state index contributed by atoms with van der Waals surface area (Å²) < 4.78 is 5.27. The van der Waals surface area contributed by atoms with Crippen molar-refractivity contribution in [2.24, 2.45) is 0 Å². The highest BCUT2D eigenvalue weighted by molar-refractivity contribution is 5.84. The molecule has 1 aromatic rings. The number of hydrogen-bond donors (Lipinski definition) is 2. The van der Waals surface area contributed by atoms with Gasteiger partial charge in [-0.2, -0.15) is 0 Å². The molecule has 0 amide bonds. The first kappa shape index (κ1) is 11.7. The third-order valence-corrected chi connectivity index (χ3v) is 4.16. The van der Waals surface area contributed by atoms with Gasteiger partial charge in [-0.3, -0.25) is 0 Å². The number of carboxylic acid groups (broad SMARTS) is 1. The molecule has 18 heavy (non-hydrogen) atoms. The van der Waals surface area contributed by atoms with Gasteiger partial charge in [0.2, 0.25) is 5.76 Å². The first-order chi connectivity index (χ1) is 8.58. The zero-order valence-electron chi connectivity index (χ0n) is 10.1. The Bertz CT molecular complexity index is 469. The Morgan fingerprint density at radius 1 is 1.44 bits per heavy atom. The second-order valence-electron chi connectivity index (χ2n) is 5.29. The topological polar surface area (TPSA) is 73.9 Å². The van der Waals surface area contributed by atoms with Crippen molar-refractivity contribution in [2.75, 3.05) is 13.1 Å². The van der Waals surface area contributed by atoms with E-state index in [1.54, 1.807) is 6.07 Å². The molecule has 2 fully saturated rings. The monoisotopic (exact) mass is 251 g/mol. The average Bonchev–Trinajstić information content (AvgIpc) is 2.96. The van der Waals surface area contributed by atoms with Crippen LogP contribution in [0.25, 0.3) is 0 Å². The van der Waals surface area contributed by atoms with Gasteiger partial charge in [-0.15, -0.1) is 0 Å². The van der Waals surface area contributed by atoms with Crippen molar-refractivity contribution >= 4 is 5.97 Å². The van der Waals surface area contributed by atoms with Crippen molar-refractivity contribution in [3.05, 3.63) is 23.7 Å². The highest BCUT2D eigenvalue weighted by Gasteiger charge is 2.43. The number of aromatic carboxylic acids is 1. The number of carbonyl (C=O) groups is 1. The van der Waals surface area contributed by atoms with Crippen molar-refractivity contribution < 1.29 is 19.4 Å². The molecule has 2 N–H and O–H groups in total. The van der Waals surface area contributed by atoms with Crippen molar-refractivity contribution in [1.29, 1.82) is 0 Å². The fourth-order valence-electron chi connectivity index (χ4n) is 3.17. The van der Waals surface area contributed by atoms with E-state index in [-0.39, 0.29) is 5.76 Å². The van der Waals surface area contributed by atoms with Crippen molar-refractivity contribution in [1.82, 2.24) is 4.90 Å². The molecule has 3 heterocycles. The lowest BCUT2D eigenvalue weighted by atomic mass is 9.85. The number of nitrogens with zero attached hydrogens (tertiary/aromatic N) is 1. The summed E-state index contributed by atoms with van der Waals surface area (Å²) in [5.74, 6) is -0.804. The van der Waals surface area contributed by atoms with Gasteiger partial charge in [-0.1, -0.05) is 0 Å². The van der Waals surface area contributed by atoms with Crippen LogP contribution in [-0.4, -0.2) is 40.2 Å². The SMILES string of the molecule is O=C(O)c1ccc(C2(O)CCN3CCCC3C2)o1. The minimum atomic E-state index is -1.09. The molecular weight excluding hydrogens is 234 g/mol. The van der Waals surface area contributed by atoms with E-state index in [0.29, 0.717) is 24.6 Å². The molecule has 3 rings (SSSR count). The number of fused-ring (bicyclic) bond motifs is 1.